The Bertz CT molecular complexity index is 569. The first-order valence-electron chi connectivity index (χ1n) is 10.0. The van der Waals surface area contributed by atoms with Gasteiger partial charge in [0.05, 0.1) is 6.61 Å². The van der Waals surface area contributed by atoms with Gasteiger partial charge >= 0.3 is 0 Å². The number of hydrogen-bond donors (Lipinski definition) is 1. The largest absolute Gasteiger partial charge is 0.493 e. The van der Waals surface area contributed by atoms with E-state index in [1.807, 2.05) is 19.2 Å². The van der Waals surface area contributed by atoms with Crippen molar-refractivity contribution in [3.8, 4) is 5.75 Å². The van der Waals surface area contributed by atoms with E-state index in [0.717, 1.165) is 63.4 Å². The Labute approximate surface area is 164 Å². The highest BCUT2D eigenvalue weighted by atomic mass is 16.5. The Morgan fingerprint density at radius 2 is 1.96 bits per heavy atom. The van der Waals surface area contributed by atoms with Gasteiger partial charge in [0.15, 0.2) is 5.96 Å². The molecular formula is C21H36N4O2. The smallest absolute Gasteiger partial charge is 0.194 e. The highest BCUT2D eigenvalue weighted by Gasteiger charge is 2.19. The SMILES string of the molecule is CN=C(NCc1cccc(OCCCOC)c1)N1CCN(CC(C)C)CC1. The zero-order valence-electron chi connectivity index (χ0n) is 17.4. The standard InChI is InChI=1S/C21H36N4O2/c1-18(2)17-24-9-11-25(12-10-24)21(22-3)23-16-19-7-5-8-20(15-19)27-14-6-13-26-4/h5,7-8,15,18H,6,9-14,16-17H2,1-4H3,(H,22,23). The minimum atomic E-state index is 0.674. The highest BCUT2D eigenvalue weighted by Crippen LogP contribution is 2.14. The number of piperazine rings is 1. The van der Waals surface area contributed by atoms with Gasteiger partial charge in [-0.1, -0.05) is 26.0 Å². The van der Waals surface area contributed by atoms with Crippen LogP contribution in [0.25, 0.3) is 0 Å². The molecule has 6 heteroatoms. The topological polar surface area (TPSA) is 49.3 Å². The molecule has 1 fully saturated rings. The fourth-order valence-corrected chi connectivity index (χ4v) is 3.31. The molecule has 0 bridgehead atoms. The van der Waals surface area contributed by atoms with Gasteiger partial charge in [-0.25, -0.2) is 0 Å². The summed E-state index contributed by atoms with van der Waals surface area (Å²) >= 11 is 0. The lowest BCUT2D eigenvalue weighted by Crippen LogP contribution is -2.52. The first-order valence-corrected chi connectivity index (χ1v) is 10.0. The second-order valence-corrected chi connectivity index (χ2v) is 7.42. The van der Waals surface area contributed by atoms with Crippen LogP contribution in [0, 0.1) is 5.92 Å². The molecule has 0 atom stereocenters. The second-order valence-electron chi connectivity index (χ2n) is 7.42. The van der Waals surface area contributed by atoms with Crippen molar-refractivity contribution in [1.82, 2.24) is 15.1 Å². The minimum absolute atomic E-state index is 0.674. The molecule has 152 valence electrons. The van der Waals surface area contributed by atoms with Crippen LogP contribution in [0.15, 0.2) is 29.3 Å². The lowest BCUT2D eigenvalue weighted by molar-refractivity contribution is 0.164. The minimum Gasteiger partial charge on any atom is -0.493 e. The number of guanidine groups is 1. The molecule has 1 aromatic rings. The van der Waals surface area contributed by atoms with E-state index in [4.69, 9.17) is 9.47 Å². The summed E-state index contributed by atoms with van der Waals surface area (Å²) in [6.07, 6.45) is 0.897. The second kappa shape index (κ2) is 11.8. The van der Waals surface area contributed by atoms with Crippen molar-refractivity contribution in [2.45, 2.75) is 26.8 Å². The van der Waals surface area contributed by atoms with Crippen LogP contribution in [-0.2, 0) is 11.3 Å². The third kappa shape index (κ3) is 7.77. The molecule has 1 N–H and O–H groups in total. The maximum atomic E-state index is 5.79. The summed E-state index contributed by atoms with van der Waals surface area (Å²) in [5, 5.41) is 3.50. The van der Waals surface area contributed by atoms with Gasteiger partial charge in [-0.05, 0) is 23.6 Å². The first-order chi connectivity index (χ1) is 13.1. The molecule has 0 unspecified atom stereocenters. The lowest BCUT2D eigenvalue weighted by Gasteiger charge is -2.37. The summed E-state index contributed by atoms with van der Waals surface area (Å²) in [5.74, 6) is 2.60. The summed E-state index contributed by atoms with van der Waals surface area (Å²) in [6, 6.07) is 8.24. The molecule has 1 heterocycles. The van der Waals surface area contributed by atoms with E-state index in [1.165, 1.54) is 12.1 Å². The lowest BCUT2D eigenvalue weighted by atomic mass is 10.2. The monoisotopic (exact) mass is 376 g/mol. The first kappa shape index (κ1) is 21.5. The number of hydrogen-bond acceptors (Lipinski definition) is 4. The fourth-order valence-electron chi connectivity index (χ4n) is 3.31. The van der Waals surface area contributed by atoms with Crippen LogP contribution in [0.1, 0.15) is 25.8 Å². The summed E-state index contributed by atoms with van der Waals surface area (Å²) in [6.45, 7) is 12.1. The third-order valence-electron chi connectivity index (χ3n) is 4.62. The molecule has 0 aromatic heterocycles. The predicted octanol–water partition coefficient (Wildman–Crippen LogP) is 2.45. The average Bonchev–Trinajstić information content (AvgIpc) is 2.67. The van der Waals surface area contributed by atoms with Gasteiger partial charge < -0.3 is 19.7 Å². The highest BCUT2D eigenvalue weighted by molar-refractivity contribution is 5.80. The maximum Gasteiger partial charge on any atom is 0.194 e. The quantitative estimate of drug-likeness (QED) is 0.408. The van der Waals surface area contributed by atoms with Crippen molar-refractivity contribution >= 4 is 5.96 Å². The van der Waals surface area contributed by atoms with E-state index in [-0.39, 0.29) is 0 Å². The predicted molar refractivity (Wildman–Crippen MR) is 111 cm³/mol. The molecule has 1 aromatic carbocycles. The van der Waals surface area contributed by atoms with Crippen LogP contribution >= 0.6 is 0 Å². The molecule has 2 rings (SSSR count). The molecule has 0 radical (unpaired) electrons. The zero-order valence-corrected chi connectivity index (χ0v) is 17.4. The van der Waals surface area contributed by atoms with Crippen molar-refractivity contribution in [1.29, 1.82) is 0 Å². The molecule has 1 aliphatic heterocycles. The summed E-state index contributed by atoms with van der Waals surface area (Å²) in [4.78, 5) is 9.36. The van der Waals surface area contributed by atoms with Gasteiger partial charge in [0.1, 0.15) is 5.75 Å². The molecule has 0 aliphatic carbocycles. The van der Waals surface area contributed by atoms with Crippen LogP contribution in [0.5, 0.6) is 5.75 Å². The van der Waals surface area contributed by atoms with Crippen LogP contribution in [0.4, 0.5) is 0 Å². The Balaban J connectivity index is 1.79. The number of nitrogens with one attached hydrogen (secondary N) is 1. The zero-order chi connectivity index (χ0) is 19.5. The Kier molecular flexibility index (Phi) is 9.42. The van der Waals surface area contributed by atoms with E-state index < -0.39 is 0 Å². The van der Waals surface area contributed by atoms with Crippen LogP contribution < -0.4 is 10.1 Å². The van der Waals surface area contributed by atoms with Gasteiger partial charge in [0, 0.05) is 66.5 Å². The Hall–Kier alpha value is -1.79. The Morgan fingerprint density at radius 1 is 1.19 bits per heavy atom. The van der Waals surface area contributed by atoms with Gasteiger partial charge in [-0.2, -0.15) is 0 Å². The fraction of sp³-hybridized carbons (Fsp3) is 0.667. The van der Waals surface area contributed by atoms with E-state index in [2.05, 4.69) is 46.1 Å². The number of methoxy groups -OCH3 is 1. The molecular weight excluding hydrogens is 340 g/mol. The van der Waals surface area contributed by atoms with Crippen LogP contribution in [0.3, 0.4) is 0 Å². The summed E-state index contributed by atoms with van der Waals surface area (Å²) in [5.41, 5.74) is 1.19. The summed E-state index contributed by atoms with van der Waals surface area (Å²) < 4.78 is 10.8. The Morgan fingerprint density at radius 3 is 2.63 bits per heavy atom. The van der Waals surface area contributed by atoms with E-state index >= 15 is 0 Å². The van der Waals surface area contributed by atoms with E-state index in [1.54, 1.807) is 7.11 Å². The van der Waals surface area contributed by atoms with Crippen molar-refractivity contribution in [2.24, 2.45) is 10.9 Å². The number of rotatable bonds is 9. The number of benzene rings is 1. The summed E-state index contributed by atoms with van der Waals surface area (Å²) in [7, 11) is 3.57. The van der Waals surface area contributed by atoms with Crippen LogP contribution in [0.2, 0.25) is 0 Å². The van der Waals surface area contributed by atoms with Crippen molar-refractivity contribution in [3.05, 3.63) is 29.8 Å². The van der Waals surface area contributed by atoms with Crippen LogP contribution in [-0.4, -0.2) is 75.9 Å². The number of aliphatic imine (C=N–C) groups is 1. The van der Waals surface area contributed by atoms with Gasteiger partial charge in [0.25, 0.3) is 0 Å². The maximum absolute atomic E-state index is 5.79. The molecule has 6 nitrogen and oxygen atoms in total. The molecule has 1 saturated heterocycles. The normalized spacial score (nSPS) is 16.0. The van der Waals surface area contributed by atoms with E-state index in [9.17, 15) is 0 Å². The van der Waals surface area contributed by atoms with E-state index in [0.29, 0.717) is 6.61 Å². The molecule has 27 heavy (non-hydrogen) atoms. The molecule has 0 saturated carbocycles. The van der Waals surface area contributed by atoms with Gasteiger partial charge in [-0.3, -0.25) is 9.89 Å². The number of ether oxygens (including phenoxy) is 2. The molecule has 0 amide bonds. The van der Waals surface area contributed by atoms with Crippen molar-refractivity contribution in [2.75, 3.05) is 60.1 Å². The average molecular weight is 377 g/mol. The third-order valence-corrected chi connectivity index (χ3v) is 4.62. The van der Waals surface area contributed by atoms with Crippen molar-refractivity contribution in [3.63, 3.8) is 0 Å². The van der Waals surface area contributed by atoms with Gasteiger partial charge in [-0.15, -0.1) is 0 Å². The van der Waals surface area contributed by atoms with Gasteiger partial charge in [0.2, 0.25) is 0 Å². The molecule has 0 spiro atoms. The number of nitrogens with zero attached hydrogens (tertiary/aromatic N) is 3. The molecule has 1 aliphatic rings. The van der Waals surface area contributed by atoms with Crippen molar-refractivity contribution < 1.29 is 9.47 Å².